The Morgan fingerprint density at radius 1 is 1.28 bits per heavy atom. The normalized spacial score (nSPS) is 11.5. The van der Waals surface area contributed by atoms with Gasteiger partial charge in [0, 0.05) is 25.8 Å². The molecule has 0 aromatic heterocycles. The lowest BCUT2D eigenvalue weighted by atomic mass is 10.3. The zero-order valence-corrected chi connectivity index (χ0v) is 11.7. The Morgan fingerprint density at radius 2 is 1.89 bits per heavy atom. The Hall–Kier alpha value is -1.11. The molecule has 3 N–H and O–H groups in total. The number of anilines is 1. The Labute approximate surface area is 109 Å². The molecule has 0 aliphatic heterocycles. The largest absolute Gasteiger partial charge is 0.375 e. The standard InChI is InChI=1S/C12H21N3O2S/c1-3-14-18(16,17)12-7-5-11(6-8-12)15(2)10-4-9-13/h5-8,14H,3-4,9-10,13H2,1-2H3. The minimum Gasteiger partial charge on any atom is -0.375 e. The summed E-state index contributed by atoms with van der Waals surface area (Å²) >= 11 is 0. The van der Waals surface area contributed by atoms with Crippen LogP contribution in [-0.2, 0) is 10.0 Å². The number of nitrogens with two attached hydrogens (primary N) is 1. The van der Waals surface area contributed by atoms with Crippen molar-refractivity contribution in [1.29, 1.82) is 0 Å². The Balaban J connectivity index is 2.80. The van der Waals surface area contributed by atoms with Crippen molar-refractivity contribution in [2.45, 2.75) is 18.2 Å². The second kappa shape index (κ2) is 6.72. The summed E-state index contributed by atoms with van der Waals surface area (Å²) in [6, 6.07) is 6.85. The Bertz CT molecular complexity index is 457. The van der Waals surface area contributed by atoms with Crippen LogP contribution >= 0.6 is 0 Å². The first kappa shape index (κ1) is 14.9. The zero-order valence-electron chi connectivity index (χ0n) is 10.9. The van der Waals surface area contributed by atoms with Crippen LogP contribution in [0.15, 0.2) is 29.2 Å². The highest BCUT2D eigenvalue weighted by Crippen LogP contribution is 2.16. The minimum atomic E-state index is -3.36. The van der Waals surface area contributed by atoms with Crippen LogP contribution in [0.1, 0.15) is 13.3 Å². The van der Waals surface area contributed by atoms with Crippen LogP contribution in [-0.4, -0.2) is 35.1 Å². The van der Waals surface area contributed by atoms with Gasteiger partial charge in [0.1, 0.15) is 0 Å². The first-order valence-corrected chi connectivity index (χ1v) is 7.50. The number of nitrogens with one attached hydrogen (secondary N) is 1. The Morgan fingerprint density at radius 3 is 2.39 bits per heavy atom. The van der Waals surface area contributed by atoms with Crippen molar-refractivity contribution >= 4 is 15.7 Å². The average molecular weight is 271 g/mol. The van der Waals surface area contributed by atoms with Gasteiger partial charge in [-0.25, -0.2) is 13.1 Å². The third kappa shape index (κ3) is 3.97. The summed E-state index contributed by atoms with van der Waals surface area (Å²) in [6.45, 7) is 3.65. The van der Waals surface area contributed by atoms with Gasteiger partial charge in [-0.2, -0.15) is 0 Å². The molecule has 0 heterocycles. The van der Waals surface area contributed by atoms with E-state index < -0.39 is 10.0 Å². The zero-order chi connectivity index (χ0) is 13.6. The van der Waals surface area contributed by atoms with Crippen LogP contribution < -0.4 is 15.4 Å². The van der Waals surface area contributed by atoms with Crippen molar-refractivity contribution < 1.29 is 8.42 Å². The lowest BCUT2D eigenvalue weighted by Gasteiger charge is -2.19. The molecule has 0 amide bonds. The monoisotopic (exact) mass is 271 g/mol. The van der Waals surface area contributed by atoms with Gasteiger partial charge < -0.3 is 10.6 Å². The molecule has 0 atom stereocenters. The molecule has 0 aliphatic rings. The van der Waals surface area contributed by atoms with Gasteiger partial charge in [-0.3, -0.25) is 0 Å². The van der Waals surface area contributed by atoms with Crippen molar-refractivity contribution in [1.82, 2.24) is 4.72 Å². The molecular formula is C12H21N3O2S. The second-order valence-electron chi connectivity index (χ2n) is 4.06. The van der Waals surface area contributed by atoms with Gasteiger partial charge >= 0.3 is 0 Å². The average Bonchev–Trinajstić information content (AvgIpc) is 2.36. The van der Waals surface area contributed by atoms with Gasteiger partial charge in [0.05, 0.1) is 4.90 Å². The van der Waals surface area contributed by atoms with Crippen LogP contribution in [0, 0.1) is 0 Å². The number of sulfonamides is 1. The van der Waals surface area contributed by atoms with Crippen LogP contribution in [0.3, 0.4) is 0 Å². The summed E-state index contributed by atoms with van der Waals surface area (Å²) < 4.78 is 26.0. The first-order valence-electron chi connectivity index (χ1n) is 6.02. The van der Waals surface area contributed by atoms with Gasteiger partial charge in [-0.15, -0.1) is 0 Å². The molecule has 0 radical (unpaired) electrons. The molecule has 18 heavy (non-hydrogen) atoms. The maximum atomic E-state index is 11.7. The molecule has 0 unspecified atom stereocenters. The molecule has 1 aromatic carbocycles. The fraction of sp³-hybridized carbons (Fsp3) is 0.500. The van der Waals surface area contributed by atoms with E-state index in [1.807, 2.05) is 7.05 Å². The van der Waals surface area contributed by atoms with Crippen molar-refractivity contribution in [3.63, 3.8) is 0 Å². The summed E-state index contributed by atoms with van der Waals surface area (Å²) in [5, 5.41) is 0. The predicted octanol–water partition coefficient (Wildman–Crippen LogP) is 0.770. The molecule has 1 rings (SSSR count). The van der Waals surface area contributed by atoms with E-state index in [0.717, 1.165) is 18.7 Å². The maximum Gasteiger partial charge on any atom is 0.240 e. The number of benzene rings is 1. The van der Waals surface area contributed by atoms with E-state index in [4.69, 9.17) is 5.73 Å². The number of hydrogen-bond acceptors (Lipinski definition) is 4. The highest BCUT2D eigenvalue weighted by Gasteiger charge is 2.12. The van der Waals surface area contributed by atoms with Gasteiger partial charge in [0.25, 0.3) is 0 Å². The molecule has 0 saturated heterocycles. The number of rotatable bonds is 7. The van der Waals surface area contributed by atoms with E-state index in [0.29, 0.717) is 18.0 Å². The summed E-state index contributed by atoms with van der Waals surface area (Å²) in [7, 11) is -1.40. The quantitative estimate of drug-likeness (QED) is 0.768. The molecule has 0 saturated carbocycles. The lowest BCUT2D eigenvalue weighted by molar-refractivity contribution is 0.584. The van der Waals surface area contributed by atoms with Crippen LogP contribution in [0.2, 0.25) is 0 Å². The maximum absolute atomic E-state index is 11.7. The molecule has 0 spiro atoms. The van der Waals surface area contributed by atoms with E-state index in [9.17, 15) is 8.42 Å². The summed E-state index contributed by atoms with van der Waals surface area (Å²) in [6.07, 6.45) is 0.911. The summed E-state index contributed by atoms with van der Waals surface area (Å²) in [5.41, 5.74) is 6.44. The van der Waals surface area contributed by atoms with E-state index in [1.54, 1.807) is 31.2 Å². The van der Waals surface area contributed by atoms with E-state index >= 15 is 0 Å². The first-order chi connectivity index (χ1) is 8.51. The molecule has 0 aliphatic carbocycles. The Kier molecular flexibility index (Phi) is 5.58. The lowest BCUT2D eigenvalue weighted by Crippen LogP contribution is -2.23. The molecule has 0 bridgehead atoms. The summed E-state index contributed by atoms with van der Waals surface area (Å²) in [5.74, 6) is 0. The number of nitrogens with zero attached hydrogens (tertiary/aromatic N) is 1. The van der Waals surface area contributed by atoms with Crippen molar-refractivity contribution in [3.8, 4) is 0 Å². The van der Waals surface area contributed by atoms with Crippen molar-refractivity contribution in [2.24, 2.45) is 5.73 Å². The SMILES string of the molecule is CCNS(=O)(=O)c1ccc(N(C)CCCN)cc1. The van der Waals surface area contributed by atoms with Gasteiger partial charge in [0.15, 0.2) is 0 Å². The van der Waals surface area contributed by atoms with Crippen LogP contribution in [0.4, 0.5) is 5.69 Å². The topological polar surface area (TPSA) is 75.4 Å². The molecular weight excluding hydrogens is 250 g/mol. The highest BCUT2D eigenvalue weighted by molar-refractivity contribution is 7.89. The van der Waals surface area contributed by atoms with Crippen molar-refractivity contribution in [3.05, 3.63) is 24.3 Å². The fourth-order valence-electron chi connectivity index (χ4n) is 1.61. The van der Waals surface area contributed by atoms with E-state index in [2.05, 4.69) is 9.62 Å². The third-order valence-corrected chi connectivity index (χ3v) is 4.18. The smallest absolute Gasteiger partial charge is 0.240 e. The molecule has 102 valence electrons. The fourth-order valence-corrected chi connectivity index (χ4v) is 2.65. The van der Waals surface area contributed by atoms with Gasteiger partial charge in [0.2, 0.25) is 10.0 Å². The molecule has 5 nitrogen and oxygen atoms in total. The second-order valence-corrected chi connectivity index (χ2v) is 5.83. The van der Waals surface area contributed by atoms with Crippen molar-refractivity contribution in [2.75, 3.05) is 31.6 Å². The molecule has 0 fully saturated rings. The predicted molar refractivity (Wildman–Crippen MR) is 74.2 cm³/mol. The van der Waals surface area contributed by atoms with E-state index in [-0.39, 0.29) is 0 Å². The minimum absolute atomic E-state index is 0.292. The van der Waals surface area contributed by atoms with Crippen LogP contribution in [0.5, 0.6) is 0 Å². The van der Waals surface area contributed by atoms with Crippen LogP contribution in [0.25, 0.3) is 0 Å². The van der Waals surface area contributed by atoms with Gasteiger partial charge in [-0.05, 0) is 37.2 Å². The molecule has 6 heteroatoms. The third-order valence-electron chi connectivity index (χ3n) is 2.62. The highest BCUT2D eigenvalue weighted by atomic mass is 32.2. The molecule has 1 aromatic rings. The van der Waals surface area contributed by atoms with Gasteiger partial charge in [-0.1, -0.05) is 6.92 Å². The summed E-state index contributed by atoms with van der Waals surface area (Å²) in [4.78, 5) is 2.34. The van der Waals surface area contributed by atoms with E-state index in [1.165, 1.54) is 0 Å². The number of hydrogen-bond donors (Lipinski definition) is 2.